The summed E-state index contributed by atoms with van der Waals surface area (Å²) in [6.07, 6.45) is -3.91. The van der Waals surface area contributed by atoms with E-state index in [9.17, 15) is 23.1 Å². The van der Waals surface area contributed by atoms with Crippen LogP contribution in [0.15, 0.2) is 12.1 Å². The fourth-order valence-corrected chi connectivity index (χ4v) is 3.02. The molecule has 1 aliphatic carbocycles. The van der Waals surface area contributed by atoms with Gasteiger partial charge in [-0.25, -0.2) is 9.78 Å². The number of aromatic nitrogens is 1. The van der Waals surface area contributed by atoms with Crippen molar-refractivity contribution in [3.63, 3.8) is 0 Å². The molecule has 2 N–H and O–H groups in total. The molecule has 1 aromatic heterocycles. The Morgan fingerprint density at radius 1 is 1.50 bits per heavy atom. The lowest BCUT2D eigenvalue weighted by atomic mass is 9.77. The van der Waals surface area contributed by atoms with Gasteiger partial charge in [0.25, 0.3) is 0 Å². The minimum atomic E-state index is -4.29. The van der Waals surface area contributed by atoms with Crippen molar-refractivity contribution in [2.45, 2.75) is 44.4 Å². The van der Waals surface area contributed by atoms with Crippen LogP contribution < -0.4 is 5.32 Å². The Kier molecular flexibility index (Phi) is 5.37. The number of alkyl halides is 3. The molecule has 0 aromatic carbocycles. The number of halogens is 3. The van der Waals surface area contributed by atoms with Crippen LogP contribution in [0.1, 0.15) is 41.7 Å². The van der Waals surface area contributed by atoms with Crippen molar-refractivity contribution < 1.29 is 27.8 Å². The van der Waals surface area contributed by atoms with Gasteiger partial charge in [0.1, 0.15) is 5.82 Å². The molecule has 0 spiro atoms. The number of aryl methyl sites for hydroxylation is 1. The highest BCUT2D eigenvalue weighted by Gasteiger charge is 2.46. The normalized spacial score (nSPS) is 24.5. The molecular weight excluding hydrogens is 325 g/mol. The molecule has 0 amide bonds. The first-order chi connectivity index (χ1) is 11.1. The predicted octanol–water partition coefficient (Wildman–Crippen LogP) is 3.07. The van der Waals surface area contributed by atoms with E-state index in [0.29, 0.717) is 29.9 Å². The monoisotopic (exact) mass is 346 g/mol. The number of aliphatic hydroxyl groups is 1. The van der Waals surface area contributed by atoms with E-state index in [0.717, 1.165) is 0 Å². The van der Waals surface area contributed by atoms with Gasteiger partial charge in [0.2, 0.25) is 0 Å². The number of rotatable bonds is 4. The summed E-state index contributed by atoms with van der Waals surface area (Å²) in [5, 5.41) is 13.3. The SMILES string of the molecule is COC(=O)c1ccc(NCC2(O)CCCC(C(F)(F)F)C2)nc1C. The Morgan fingerprint density at radius 2 is 2.21 bits per heavy atom. The van der Waals surface area contributed by atoms with E-state index in [-0.39, 0.29) is 19.4 Å². The highest BCUT2D eigenvalue weighted by Crippen LogP contribution is 2.41. The summed E-state index contributed by atoms with van der Waals surface area (Å²) in [6.45, 7) is 1.61. The lowest BCUT2D eigenvalue weighted by Gasteiger charge is -2.37. The minimum absolute atomic E-state index is 0.0242. The van der Waals surface area contributed by atoms with E-state index in [1.165, 1.54) is 19.2 Å². The van der Waals surface area contributed by atoms with Crippen LogP contribution in [0.25, 0.3) is 0 Å². The van der Waals surface area contributed by atoms with Crippen LogP contribution in [-0.4, -0.2) is 41.5 Å². The van der Waals surface area contributed by atoms with E-state index in [1.807, 2.05) is 0 Å². The second-order valence-corrected chi connectivity index (χ2v) is 6.23. The molecule has 8 heteroatoms. The van der Waals surface area contributed by atoms with Crippen molar-refractivity contribution in [1.82, 2.24) is 4.98 Å². The molecule has 0 radical (unpaired) electrons. The third kappa shape index (κ3) is 4.37. The highest BCUT2D eigenvalue weighted by molar-refractivity contribution is 5.90. The third-order valence-corrected chi connectivity index (χ3v) is 4.37. The number of carbonyl (C=O) groups is 1. The fraction of sp³-hybridized carbons (Fsp3) is 0.625. The fourth-order valence-electron chi connectivity index (χ4n) is 3.02. The molecule has 24 heavy (non-hydrogen) atoms. The Labute approximate surface area is 138 Å². The van der Waals surface area contributed by atoms with Crippen molar-refractivity contribution in [2.75, 3.05) is 19.0 Å². The largest absolute Gasteiger partial charge is 0.465 e. The smallest absolute Gasteiger partial charge is 0.391 e. The average molecular weight is 346 g/mol. The number of carbonyl (C=O) groups excluding carboxylic acids is 1. The number of methoxy groups -OCH3 is 1. The predicted molar refractivity (Wildman–Crippen MR) is 81.8 cm³/mol. The molecule has 2 rings (SSSR count). The topological polar surface area (TPSA) is 71.5 Å². The molecule has 1 aromatic rings. The standard InChI is InChI=1S/C16H21F3N2O3/c1-10-12(14(22)24-2)5-6-13(21-10)20-9-15(23)7-3-4-11(8-15)16(17,18)19/h5-6,11,23H,3-4,7-9H2,1-2H3,(H,20,21). The molecule has 2 atom stereocenters. The van der Waals surface area contributed by atoms with Crippen molar-refractivity contribution in [1.29, 1.82) is 0 Å². The number of ether oxygens (including phenoxy) is 1. The molecule has 134 valence electrons. The first kappa shape index (κ1) is 18.5. The van der Waals surface area contributed by atoms with Gasteiger partial charge in [0.15, 0.2) is 0 Å². The maximum absolute atomic E-state index is 12.9. The molecular formula is C16H21F3N2O3. The van der Waals surface area contributed by atoms with Crippen molar-refractivity contribution in [3.8, 4) is 0 Å². The van der Waals surface area contributed by atoms with Crippen LogP contribution in [-0.2, 0) is 4.74 Å². The van der Waals surface area contributed by atoms with Gasteiger partial charge in [-0.2, -0.15) is 13.2 Å². The van der Waals surface area contributed by atoms with Crippen LogP contribution in [0.2, 0.25) is 0 Å². The molecule has 0 saturated heterocycles. The highest BCUT2D eigenvalue weighted by atomic mass is 19.4. The number of esters is 1. The summed E-state index contributed by atoms with van der Waals surface area (Å²) in [7, 11) is 1.27. The molecule has 0 bridgehead atoms. The maximum Gasteiger partial charge on any atom is 0.391 e. The Hall–Kier alpha value is -1.83. The Balaban J connectivity index is 2.02. The molecule has 1 heterocycles. The number of nitrogens with zero attached hydrogens (tertiary/aromatic N) is 1. The molecule has 0 aliphatic heterocycles. The molecule has 2 unspecified atom stereocenters. The Morgan fingerprint density at radius 3 is 2.79 bits per heavy atom. The summed E-state index contributed by atoms with van der Waals surface area (Å²) < 4.78 is 43.2. The summed E-state index contributed by atoms with van der Waals surface area (Å²) in [5.74, 6) is -1.59. The van der Waals surface area contributed by atoms with Gasteiger partial charge in [-0.1, -0.05) is 0 Å². The van der Waals surface area contributed by atoms with Crippen LogP contribution in [0.4, 0.5) is 19.0 Å². The van der Waals surface area contributed by atoms with Gasteiger partial charge in [0, 0.05) is 6.54 Å². The maximum atomic E-state index is 12.9. The van der Waals surface area contributed by atoms with Crippen LogP contribution >= 0.6 is 0 Å². The lowest BCUT2D eigenvalue weighted by Crippen LogP contribution is -2.45. The number of hydrogen-bond acceptors (Lipinski definition) is 5. The van der Waals surface area contributed by atoms with Gasteiger partial charge in [-0.05, 0) is 44.7 Å². The lowest BCUT2D eigenvalue weighted by molar-refractivity contribution is -0.199. The van der Waals surface area contributed by atoms with Gasteiger partial charge in [0.05, 0.1) is 29.9 Å². The first-order valence-corrected chi connectivity index (χ1v) is 7.73. The van der Waals surface area contributed by atoms with Gasteiger partial charge in [-0.3, -0.25) is 0 Å². The summed E-state index contributed by atoms with van der Waals surface area (Å²) in [6, 6.07) is 3.06. The summed E-state index contributed by atoms with van der Waals surface area (Å²) >= 11 is 0. The average Bonchev–Trinajstić information content (AvgIpc) is 2.52. The molecule has 1 fully saturated rings. The van der Waals surface area contributed by atoms with E-state index >= 15 is 0 Å². The molecule has 1 aliphatic rings. The zero-order valence-corrected chi connectivity index (χ0v) is 13.6. The minimum Gasteiger partial charge on any atom is -0.465 e. The van der Waals surface area contributed by atoms with Crippen LogP contribution in [0, 0.1) is 12.8 Å². The molecule has 5 nitrogen and oxygen atoms in total. The quantitative estimate of drug-likeness (QED) is 0.820. The third-order valence-electron chi connectivity index (χ3n) is 4.37. The summed E-state index contributed by atoms with van der Waals surface area (Å²) in [4.78, 5) is 15.7. The number of nitrogens with one attached hydrogen (secondary N) is 1. The number of hydrogen-bond donors (Lipinski definition) is 2. The zero-order valence-electron chi connectivity index (χ0n) is 13.6. The van der Waals surface area contributed by atoms with Crippen molar-refractivity contribution >= 4 is 11.8 Å². The molecule has 1 saturated carbocycles. The van der Waals surface area contributed by atoms with Gasteiger partial charge < -0.3 is 15.2 Å². The van der Waals surface area contributed by atoms with E-state index in [1.54, 1.807) is 6.92 Å². The zero-order chi connectivity index (χ0) is 18.0. The first-order valence-electron chi connectivity index (χ1n) is 7.73. The van der Waals surface area contributed by atoms with Gasteiger partial charge >= 0.3 is 12.1 Å². The van der Waals surface area contributed by atoms with Gasteiger partial charge in [-0.15, -0.1) is 0 Å². The van der Waals surface area contributed by atoms with Crippen molar-refractivity contribution in [3.05, 3.63) is 23.4 Å². The number of anilines is 1. The van der Waals surface area contributed by atoms with Crippen molar-refractivity contribution in [2.24, 2.45) is 5.92 Å². The summed E-state index contributed by atoms with van der Waals surface area (Å²) in [5.41, 5.74) is -0.665. The van der Waals surface area contributed by atoms with Crippen LogP contribution in [0.3, 0.4) is 0 Å². The number of pyridine rings is 1. The van der Waals surface area contributed by atoms with E-state index in [2.05, 4.69) is 15.0 Å². The van der Waals surface area contributed by atoms with E-state index < -0.39 is 23.7 Å². The second kappa shape index (κ2) is 6.96. The van der Waals surface area contributed by atoms with E-state index in [4.69, 9.17) is 0 Å². The van der Waals surface area contributed by atoms with Crippen LogP contribution in [0.5, 0.6) is 0 Å². The Bertz CT molecular complexity index is 607. The second-order valence-electron chi connectivity index (χ2n) is 6.23.